The topological polar surface area (TPSA) is 25.8 Å². The zero-order valence-electron chi connectivity index (χ0n) is 24.6. The van der Waals surface area contributed by atoms with Crippen molar-refractivity contribution in [3.8, 4) is 44.5 Å². The summed E-state index contributed by atoms with van der Waals surface area (Å²) in [6, 6.07) is 39.1. The van der Waals surface area contributed by atoms with Gasteiger partial charge in [0.25, 0.3) is 0 Å². The molecule has 0 amide bonds. The molecular weight excluding hydrogens is 579 g/mol. The lowest BCUT2D eigenvalue weighted by Crippen LogP contribution is -1.98. The van der Waals surface area contributed by atoms with Crippen molar-refractivity contribution >= 4 is 44.3 Å². The molecule has 0 unspecified atom stereocenters. The van der Waals surface area contributed by atoms with E-state index in [0.29, 0.717) is 33.3 Å². The molecule has 216 valence electrons. The smallest absolute Gasteiger partial charge is 0.131 e. The van der Waals surface area contributed by atoms with Crippen molar-refractivity contribution in [2.75, 3.05) is 0 Å². The Balaban J connectivity index is 1.25. The molecule has 0 N–H and O–H groups in total. The number of benzene rings is 7. The molecule has 5 heteroatoms. The molecule has 0 bridgehead atoms. The first-order valence-electron chi connectivity index (χ1n) is 14.8. The maximum Gasteiger partial charge on any atom is 0.131 e. The monoisotopic (exact) mass is 604 g/mol. The van der Waals surface area contributed by atoms with Crippen molar-refractivity contribution in [3.63, 3.8) is 0 Å². The summed E-state index contributed by atoms with van der Waals surface area (Å²) in [5.74, 6) is -0.675. The van der Waals surface area contributed by atoms with Gasteiger partial charge in [-0.25, -0.2) is 8.78 Å². The molecule has 0 saturated heterocycles. The molecule has 0 radical (unpaired) electrons. The molecule has 0 aliphatic rings. The van der Waals surface area contributed by atoms with Crippen LogP contribution in [0.1, 0.15) is 11.1 Å². The van der Waals surface area contributed by atoms with Crippen LogP contribution in [0.5, 0.6) is 0 Å². The van der Waals surface area contributed by atoms with E-state index in [1.807, 2.05) is 86.6 Å². The number of halogens is 2. The van der Waals surface area contributed by atoms with E-state index in [9.17, 15) is 0 Å². The fourth-order valence-electron chi connectivity index (χ4n) is 6.63. The lowest BCUT2D eigenvalue weighted by atomic mass is 9.87. The number of nitrogens with zero attached hydrogens (tertiary/aromatic N) is 2. The number of hydrogen-bond acceptors (Lipinski definition) is 3. The molecule has 0 aliphatic carbocycles. The molecule has 0 atom stereocenters. The fourth-order valence-corrected chi connectivity index (χ4v) is 7.19. The Kier molecular flexibility index (Phi) is 6.50. The lowest BCUT2D eigenvalue weighted by molar-refractivity contribution is 0.631. The van der Waals surface area contributed by atoms with Crippen molar-refractivity contribution in [2.45, 2.75) is 13.8 Å². The van der Waals surface area contributed by atoms with Crippen molar-refractivity contribution < 1.29 is 8.78 Å². The van der Waals surface area contributed by atoms with Gasteiger partial charge >= 0.3 is 0 Å². The standard InChI is InChI=1S/C40H26F2N2S/c1-23-24(2)38(34-20-18-28(22-36(34)42)32-16-8-12-26-10-4-6-14-30(26)32)40-39(43-45-44-40)37(23)33-19-17-27(21-35(33)41)31-15-7-11-25-9-3-5-13-29(25)31/h3-22H,1-2H3. The molecule has 8 rings (SSSR count). The summed E-state index contributed by atoms with van der Waals surface area (Å²) in [6.45, 7) is 3.90. The zero-order valence-corrected chi connectivity index (χ0v) is 25.4. The van der Waals surface area contributed by atoms with Gasteiger partial charge < -0.3 is 0 Å². The summed E-state index contributed by atoms with van der Waals surface area (Å²) in [5, 5.41) is 4.36. The second kappa shape index (κ2) is 10.7. The Bertz CT molecular complexity index is 2260. The van der Waals surface area contributed by atoms with Crippen molar-refractivity contribution in [2.24, 2.45) is 0 Å². The maximum absolute atomic E-state index is 16.1. The number of aromatic nitrogens is 2. The van der Waals surface area contributed by atoms with Crippen LogP contribution in [0.15, 0.2) is 121 Å². The third kappa shape index (κ3) is 4.42. The first kappa shape index (κ1) is 27.3. The minimum absolute atomic E-state index is 0.337. The summed E-state index contributed by atoms with van der Waals surface area (Å²) in [5.41, 5.74) is 8.70. The van der Waals surface area contributed by atoms with E-state index in [1.54, 1.807) is 12.1 Å². The number of rotatable bonds is 4. The van der Waals surface area contributed by atoms with E-state index in [4.69, 9.17) is 0 Å². The quantitative estimate of drug-likeness (QED) is 0.200. The second-order valence-electron chi connectivity index (χ2n) is 11.4. The van der Waals surface area contributed by atoms with Crippen LogP contribution < -0.4 is 0 Å². The molecule has 2 nitrogen and oxygen atoms in total. The fraction of sp³-hybridized carbons (Fsp3) is 0.0500. The first-order valence-corrected chi connectivity index (χ1v) is 15.5. The van der Waals surface area contributed by atoms with Gasteiger partial charge in [-0.05, 0) is 80.9 Å². The molecule has 0 spiro atoms. The molecule has 0 aliphatic heterocycles. The molecular formula is C40H26F2N2S. The average molecular weight is 605 g/mol. The molecule has 0 saturated carbocycles. The average Bonchev–Trinajstić information content (AvgIpc) is 3.55. The van der Waals surface area contributed by atoms with Crippen LogP contribution >= 0.6 is 11.7 Å². The highest BCUT2D eigenvalue weighted by atomic mass is 32.1. The van der Waals surface area contributed by atoms with Gasteiger partial charge in [0.2, 0.25) is 0 Å². The summed E-state index contributed by atoms with van der Waals surface area (Å²) >= 11 is 1.06. The van der Waals surface area contributed by atoms with E-state index in [1.165, 1.54) is 0 Å². The van der Waals surface area contributed by atoms with Crippen molar-refractivity contribution in [1.29, 1.82) is 0 Å². The van der Waals surface area contributed by atoms with Crippen LogP contribution in [0.2, 0.25) is 0 Å². The predicted molar refractivity (Wildman–Crippen MR) is 184 cm³/mol. The Morgan fingerprint density at radius 2 is 0.889 bits per heavy atom. The zero-order chi connectivity index (χ0) is 30.7. The van der Waals surface area contributed by atoms with Crippen LogP contribution in [-0.2, 0) is 0 Å². The van der Waals surface area contributed by atoms with Crippen LogP contribution in [0.25, 0.3) is 77.1 Å². The van der Waals surface area contributed by atoms with Crippen LogP contribution in [0.3, 0.4) is 0 Å². The van der Waals surface area contributed by atoms with Crippen LogP contribution in [0.4, 0.5) is 8.78 Å². The SMILES string of the molecule is Cc1c(C)c(-c2ccc(-c3cccc4ccccc34)cc2F)c2nsnc2c1-c1ccc(-c2cccc3ccccc23)cc1F. The molecule has 1 heterocycles. The van der Waals surface area contributed by atoms with E-state index in [2.05, 4.69) is 45.1 Å². The normalized spacial score (nSPS) is 11.6. The minimum atomic E-state index is -0.337. The van der Waals surface area contributed by atoms with Gasteiger partial charge in [0.15, 0.2) is 0 Å². The summed E-state index contributed by atoms with van der Waals surface area (Å²) in [4.78, 5) is 0. The van der Waals surface area contributed by atoms with Gasteiger partial charge in [0.05, 0.1) is 11.7 Å². The van der Waals surface area contributed by atoms with Gasteiger partial charge in [-0.2, -0.15) is 8.75 Å². The van der Waals surface area contributed by atoms with E-state index < -0.39 is 0 Å². The number of hydrogen-bond donors (Lipinski definition) is 0. The van der Waals surface area contributed by atoms with E-state index in [-0.39, 0.29) is 11.6 Å². The molecule has 8 aromatic rings. The van der Waals surface area contributed by atoms with E-state index in [0.717, 1.165) is 66.7 Å². The van der Waals surface area contributed by atoms with Crippen LogP contribution in [0, 0.1) is 25.5 Å². The second-order valence-corrected chi connectivity index (χ2v) is 11.9. The van der Waals surface area contributed by atoms with Crippen molar-refractivity contribution in [3.05, 3.63) is 144 Å². The first-order chi connectivity index (χ1) is 22.0. The highest BCUT2D eigenvalue weighted by Gasteiger charge is 2.24. The highest BCUT2D eigenvalue weighted by molar-refractivity contribution is 7.00. The summed E-state index contributed by atoms with van der Waals surface area (Å²) in [6.07, 6.45) is 0. The maximum atomic E-state index is 16.1. The molecule has 1 aromatic heterocycles. The third-order valence-corrected chi connectivity index (χ3v) is 9.48. The van der Waals surface area contributed by atoms with Gasteiger partial charge in [-0.1, -0.05) is 109 Å². The Labute approximate surface area is 263 Å². The minimum Gasteiger partial charge on any atom is -0.206 e. The Hall–Kier alpha value is -5.26. The lowest BCUT2D eigenvalue weighted by Gasteiger charge is -2.17. The third-order valence-electron chi connectivity index (χ3n) is 8.95. The molecule has 45 heavy (non-hydrogen) atoms. The predicted octanol–water partition coefficient (Wildman–Crippen LogP) is 11.6. The molecule has 0 fully saturated rings. The van der Waals surface area contributed by atoms with Crippen molar-refractivity contribution in [1.82, 2.24) is 8.75 Å². The van der Waals surface area contributed by atoms with Gasteiger partial charge in [-0.3, -0.25) is 0 Å². The van der Waals surface area contributed by atoms with E-state index >= 15 is 8.78 Å². The van der Waals surface area contributed by atoms with Gasteiger partial charge in [-0.15, -0.1) is 0 Å². The Morgan fingerprint density at radius 1 is 0.467 bits per heavy atom. The highest BCUT2D eigenvalue weighted by Crippen LogP contribution is 2.43. The van der Waals surface area contributed by atoms with Gasteiger partial charge in [0, 0.05) is 22.3 Å². The van der Waals surface area contributed by atoms with Gasteiger partial charge in [0.1, 0.15) is 22.7 Å². The Morgan fingerprint density at radius 3 is 1.33 bits per heavy atom. The number of fused-ring (bicyclic) bond motifs is 3. The van der Waals surface area contributed by atoms with Crippen LogP contribution in [-0.4, -0.2) is 8.75 Å². The summed E-state index contributed by atoms with van der Waals surface area (Å²) < 4.78 is 41.4. The molecule has 7 aromatic carbocycles. The largest absolute Gasteiger partial charge is 0.206 e. The summed E-state index contributed by atoms with van der Waals surface area (Å²) in [7, 11) is 0.